The number of aryl methyl sites for hydroxylation is 1. The lowest BCUT2D eigenvalue weighted by molar-refractivity contribution is -0.135. The standard InChI is InChI=1S/C39H43FN4O2/c1-5-12-31-33(35-37(26(4)25(3)6-2)44(20-18-42)38(46)39(35)16-11-19-43-24-39)22-28(14-9-10-17-41)34(36(31)40)32-23-29(45)21-27-13-7-8-15-30(27)32/h7-8,13,15,21-23,25,43,45H,4-6,9-12,14,16,19-20,24H2,1-3H3. The highest BCUT2D eigenvalue weighted by atomic mass is 19.1. The van der Waals surface area contributed by atoms with Crippen molar-refractivity contribution in [1.82, 2.24) is 10.2 Å². The Bertz CT molecular complexity index is 1790. The summed E-state index contributed by atoms with van der Waals surface area (Å²) in [7, 11) is 0. The summed E-state index contributed by atoms with van der Waals surface area (Å²) in [5.41, 5.74) is 4.20. The van der Waals surface area contributed by atoms with Crippen LogP contribution in [0.4, 0.5) is 4.39 Å². The Balaban J connectivity index is 1.91. The minimum Gasteiger partial charge on any atom is -0.508 e. The van der Waals surface area contributed by atoms with Gasteiger partial charge in [0, 0.05) is 24.1 Å². The Kier molecular flexibility index (Phi) is 9.94. The lowest BCUT2D eigenvalue weighted by Gasteiger charge is -2.36. The predicted octanol–water partition coefficient (Wildman–Crippen LogP) is 8.20. The van der Waals surface area contributed by atoms with E-state index in [1.54, 1.807) is 17.0 Å². The third kappa shape index (κ3) is 5.70. The number of amides is 1. The molecule has 46 heavy (non-hydrogen) atoms. The van der Waals surface area contributed by atoms with E-state index in [4.69, 9.17) is 0 Å². The highest BCUT2D eigenvalue weighted by Gasteiger charge is 2.54. The van der Waals surface area contributed by atoms with Gasteiger partial charge in [-0.05, 0) is 102 Å². The van der Waals surface area contributed by atoms with E-state index in [0.29, 0.717) is 73.0 Å². The normalized spacial score (nSPS) is 18.7. The molecule has 6 nitrogen and oxygen atoms in total. The molecule has 238 valence electrons. The summed E-state index contributed by atoms with van der Waals surface area (Å²) in [6.07, 6.45) is 4.56. The third-order valence-electron chi connectivity index (χ3n) is 9.83. The van der Waals surface area contributed by atoms with Gasteiger partial charge in [0.15, 0.2) is 0 Å². The first kappa shape index (κ1) is 32.9. The minimum atomic E-state index is -0.959. The number of halogens is 1. The SMILES string of the molecule is C=C(C1=C(c2cc(CCCC#N)c(-c3cc(O)cc4ccccc34)c(F)c2CCC)C2(CCCNC2)C(=O)N1CC#N)C(C)CC. The van der Waals surface area contributed by atoms with Gasteiger partial charge in [0.25, 0.3) is 0 Å². The predicted molar refractivity (Wildman–Crippen MR) is 181 cm³/mol. The number of unbranched alkanes of at least 4 members (excludes halogenated alkanes) is 1. The number of fused-ring (bicyclic) bond motifs is 1. The van der Waals surface area contributed by atoms with E-state index in [1.165, 1.54) is 0 Å². The second-order valence-corrected chi connectivity index (χ2v) is 12.7. The van der Waals surface area contributed by atoms with Gasteiger partial charge in [-0.25, -0.2) is 4.39 Å². The van der Waals surface area contributed by atoms with E-state index in [-0.39, 0.29) is 29.9 Å². The molecule has 0 saturated carbocycles. The van der Waals surface area contributed by atoms with E-state index >= 15 is 4.39 Å². The van der Waals surface area contributed by atoms with E-state index < -0.39 is 5.41 Å². The molecule has 2 aliphatic heterocycles. The summed E-state index contributed by atoms with van der Waals surface area (Å²) < 4.78 is 17.6. The molecule has 1 spiro atoms. The molecule has 2 N–H and O–H groups in total. The number of phenolic OH excluding ortho intramolecular Hbond substituents is 1. The number of carbonyl (C=O) groups excluding carboxylic acids is 1. The smallest absolute Gasteiger partial charge is 0.239 e. The van der Waals surface area contributed by atoms with Crippen molar-refractivity contribution in [1.29, 1.82) is 10.5 Å². The maximum atomic E-state index is 17.6. The lowest BCUT2D eigenvalue weighted by atomic mass is 9.70. The molecule has 5 rings (SSSR count). The van der Waals surface area contributed by atoms with Gasteiger partial charge in [0.2, 0.25) is 5.91 Å². The van der Waals surface area contributed by atoms with E-state index in [2.05, 4.69) is 37.9 Å². The van der Waals surface area contributed by atoms with Crippen LogP contribution in [0.3, 0.4) is 0 Å². The van der Waals surface area contributed by atoms with Gasteiger partial charge in [0.05, 0.1) is 23.3 Å². The quantitative estimate of drug-likeness (QED) is 0.167. The van der Waals surface area contributed by atoms with Crippen LogP contribution in [-0.2, 0) is 17.6 Å². The molecule has 2 heterocycles. The van der Waals surface area contributed by atoms with Crippen LogP contribution in [0.15, 0.2) is 60.3 Å². The maximum Gasteiger partial charge on any atom is 0.239 e. The first-order chi connectivity index (χ1) is 22.2. The molecule has 0 aliphatic carbocycles. The van der Waals surface area contributed by atoms with Crippen LogP contribution in [0.1, 0.15) is 76.0 Å². The van der Waals surface area contributed by atoms with Crippen molar-refractivity contribution in [2.24, 2.45) is 11.3 Å². The fraction of sp³-hybridized carbons (Fsp3) is 0.410. The van der Waals surface area contributed by atoms with Crippen molar-refractivity contribution in [3.63, 3.8) is 0 Å². The van der Waals surface area contributed by atoms with Crippen LogP contribution < -0.4 is 5.32 Å². The van der Waals surface area contributed by atoms with Crippen LogP contribution in [0, 0.1) is 39.8 Å². The van der Waals surface area contributed by atoms with E-state index in [0.717, 1.165) is 46.9 Å². The number of aromatic hydroxyl groups is 1. The van der Waals surface area contributed by atoms with Gasteiger partial charge in [-0.1, -0.05) is 64.1 Å². The van der Waals surface area contributed by atoms with Crippen LogP contribution in [0.5, 0.6) is 5.75 Å². The molecule has 0 radical (unpaired) electrons. The summed E-state index contributed by atoms with van der Waals surface area (Å²) in [5, 5.41) is 35.1. The average Bonchev–Trinajstić information content (AvgIpc) is 3.28. The summed E-state index contributed by atoms with van der Waals surface area (Å²) in [5.74, 6) is -0.410. The number of allylic oxidation sites excluding steroid dienone is 1. The minimum absolute atomic E-state index is 0.0400. The summed E-state index contributed by atoms with van der Waals surface area (Å²) >= 11 is 0. The van der Waals surface area contributed by atoms with E-state index in [9.17, 15) is 20.4 Å². The van der Waals surface area contributed by atoms with E-state index in [1.807, 2.05) is 37.3 Å². The van der Waals surface area contributed by atoms with Crippen molar-refractivity contribution in [2.75, 3.05) is 19.6 Å². The first-order valence-corrected chi connectivity index (χ1v) is 16.5. The molecule has 0 bridgehead atoms. The zero-order chi connectivity index (χ0) is 33.0. The second-order valence-electron chi connectivity index (χ2n) is 12.7. The Morgan fingerprint density at radius 1 is 1.15 bits per heavy atom. The molecule has 1 fully saturated rings. The van der Waals surface area contributed by atoms with Crippen molar-refractivity contribution >= 4 is 22.3 Å². The first-order valence-electron chi connectivity index (χ1n) is 16.5. The molecular weight excluding hydrogens is 575 g/mol. The summed E-state index contributed by atoms with van der Waals surface area (Å²) in [4.78, 5) is 16.1. The summed E-state index contributed by atoms with van der Waals surface area (Å²) in [6, 6.07) is 17.4. The van der Waals surface area contributed by atoms with Gasteiger partial charge in [-0.15, -0.1) is 0 Å². The Labute approximate surface area is 271 Å². The topological polar surface area (TPSA) is 100 Å². The zero-order valence-corrected chi connectivity index (χ0v) is 27.2. The van der Waals surface area contributed by atoms with Crippen LogP contribution in [0.2, 0.25) is 0 Å². The molecule has 0 aromatic heterocycles. The van der Waals surface area contributed by atoms with Gasteiger partial charge < -0.3 is 10.4 Å². The number of nitriles is 2. The number of hydrogen-bond acceptors (Lipinski definition) is 5. The monoisotopic (exact) mass is 618 g/mol. The number of hydrogen-bond donors (Lipinski definition) is 2. The van der Waals surface area contributed by atoms with Crippen molar-refractivity contribution in [3.8, 4) is 29.0 Å². The number of piperidine rings is 1. The highest BCUT2D eigenvalue weighted by molar-refractivity contribution is 6.06. The molecular formula is C39H43FN4O2. The third-order valence-corrected chi connectivity index (χ3v) is 9.83. The van der Waals surface area contributed by atoms with Crippen molar-refractivity contribution < 1.29 is 14.3 Å². The van der Waals surface area contributed by atoms with Gasteiger partial charge in [0.1, 0.15) is 18.1 Å². The van der Waals surface area contributed by atoms with Crippen molar-refractivity contribution in [2.45, 2.75) is 72.1 Å². The van der Waals surface area contributed by atoms with Crippen LogP contribution >= 0.6 is 0 Å². The number of benzene rings is 3. The average molecular weight is 619 g/mol. The molecule has 1 saturated heterocycles. The van der Waals surface area contributed by atoms with Gasteiger partial charge >= 0.3 is 0 Å². The number of phenols is 1. The largest absolute Gasteiger partial charge is 0.508 e. The Morgan fingerprint density at radius 3 is 2.61 bits per heavy atom. The fourth-order valence-electron chi connectivity index (χ4n) is 7.36. The van der Waals surface area contributed by atoms with Crippen LogP contribution in [0.25, 0.3) is 27.5 Å². The van der Waals surface area contributed by atoms with Crippen molar-refractivity contribution in [3.05, 3.63) is 82.8 Å². The zero-order valence-electron chi connectivity index (χ0n) is 27.2. The Morgan fingerprint density at radius 2 is 1.93 bits per heavy atom. The number of carbonyl (C=O) groups is 1. The highest BCUT2D eigenvalue weighted by Crippen LogP contribution is 2.54. The number of rotatable bonds is 11. The fourth-order valence-corrected chi connectivity index (χ4v) is 7.36. The lowest BCUT2D eigenvalue weighted by Crippen LogP contribution is -2.47. The molecule has 2 unspecified atom stereocenters. The summed E-state index contributed by atoms with van der Waals surface area (Å²) in [6.45, 7) is 11.7. The Hall–Kier alpha value is -4.46. The maximum absolute atomic E-state index is 17.6. The van der Waals surface area contributed by atoms with Crippen LogP contribution in [-0.4, -0.2) is 35.5 Å². The number of nitrogens with one attached hydrogen (secondary N) is 1. The second kappa shape index (κ2) is 13.9. The molecule has 2 aliphatic rings. The molecule has 7 heteroatoms. The molecule has 3 aromatic carbocycles. The molecule has 2 atom stereocenters. The molecule has 1 amide bonds. The van der Waals surface area contributed by atoms with Gasteiger partial charge in [-0.3, -0.25) is 9.69 Å². The molecule has 3 aromatic rings. The number of nitrogens with zero attached hydrogens (tertiary/aromatic N) is 3. The van der Waals surface area contributed by atoms with Gasteiger partial charge in [-0.2, -0.15) is 10.5 Å².